The molecule has 0 unspecified atom stereocenters. The Morgan fingerprint density at radius 3 is 2.91 bits per heavy atom. The first-order valence-electron chi connectivity index (χ1n) is 7.68. The predicted molar refractivity (Wildman–Crippen MR) is 81.5 cm³/mol. The van der Waals surface area contributed by atoms with E-state index in [-0.39, 0.29) is 18.4 Å². The molecule has 1 fully saturated rings. The predicted octanol–water partition coefficient (Wildman–Crippen LogP) is 0.610. The van der Waals surface area contributed by atoms with E-state index in [2.05, 4.69) is 4.98 Å². The molecular weight excluding hydrogens is 284 g/mol. The monoisotopic (exact) mass is 308 g/mol. The molecule has 6 heteroatoms. The summed E-state index contributed by atoms with van der Waals surface area (Å²) in [7, 11) is 0. The van der Waals surface area contributed by atoms with Gasteiger partial charge in [0.05, 0.1) is 19.3 Å². The summed E-state index contributed by atoms with van der Waals surface area (Å²) in [6.07, 6.45) is 0.692. The number of hydrogen-bond acceptors (Lipinski definition) is 5. The maximum Gasteiger partial charge on any atom is 0.253 e. The molecular formula is C16H24N2O4. The third-order valence-corrected chi connectivity index (χ3v) is 3.88. The van der Waals surface area contributed by atoms with Crippen molar-refractivity contribution in [3.05, 3.63) is 29.6 Å². The first-order valence-corrected chi connectivity index (χ1v) is 7.68. The number of carbonyl (C=O) groups is 1. The van der Waals surface area contributed by atoms with Crippen molar-refractivity contribution in [1.29, 1.82) is 0 Å². The maximum absolute atomic E-state index is 12.7. The second-order valence-electron chi connectivity index (χ2n) is 5.79. The quantitative estimate of drug-likeness (QED) is 0.833. The summed E-state index contributed by atoms with van der Waals surface area (Å²) in [5.41, 5.74) is 1.38. The van der Waals surface area contributed by atoms with Gasteiger partial charge >= 0.3 is 0 Å². The summed E-state index contributed by atoms with van der Waals surface area (Å²) < 4.78 is 5.29. The van der Waals surface area contributed by atoms with Crippen LogP contribution in [0.15, 0.2) is 18.3 Å². The lowest BCUT2D eigenvalue weighted by Gasteiger charge is -2.35. The van der Waals surface area contributed by atoms with Crippen LogP contribution in [-0.2, 0) is 4.74 Å². The Morgan fingerprint density at radius 1 is 1.45 bits per heavy atom. The van der Waals surface area contributed by atoms with Crippen LogP contribution in [-0.4, -0.2) is 64.5 Å². The van der Waals surface area contributed by atoms with E-state index in [1.165, 1.54) is 0 Å². The van der Waals surface area contributed by atoms with Gasteiger partial charge in [-0.1, -0.05) is 6.92 Å². The molecule has 1 aromatic rings. The molecule has 2 heterocycles. The van der Waals surface area contributed by atoms with Crippen LogP contribution in [0.5, 0.6) is 0 Å². The average molecular weight is 308 g/mol. The number of ether oxygens (including phenoxy) is 1. The Labute approximate surface area is 130 Å². The lowest BCUT2D eigenvalue weighted by molar-refractivity contribution is -0.124. The molecule has 0 aliphatic carbocycles. The Balaban J connectivity index is 2.10. The van der Waals surface area contributed by atoms with Crippen molar-refractivity contribution in [3.63, 3.8) is 0 Å². The number of aromatic nitrogens is 1. The van der Waals surface area contributed by atoms with Crippen molar-refractivity contribution < 1.29 is 19.7 Å². The van der Waals surface area contributed by atoms with Gasteiger partial charge in [-0.3, -0.25) is 9.78 Å². The van der Waals surface area contributed by atoms with Crippen LogP contribution < -0.4 is 0 Å². The highest BCUT2D eigenvalue weighted by atomic mass is 16.5. The normalized spacial score (nSPS) is 25.0. The number of amides is 1. The van der Waals surface area contributed by atoms with Gasteiger partial charge in [0.15, 0.2) is 0 Å². The number of aryl methyl sites for hydroxylation is 1. The lowest BCUT2D eigenvalue weighted by atomic mass is 9.95. The van der Waals surface area contributed by atoms with E-state index in [4.69, 9.17) is 4.74 Å². The minimum Gasteiger partial charge on any atom is -0.390 e. The lowest BCUT2D eigenvalue weighted by Crippen LogP contribution is -2.49. The van der Waals surface area contributed by atoms with Crippen molar-refractivity contribution in [2.45, 2.75) is 32.5 Å². The van der Waals surface area contributed by atoms with Crippen LogP contribution in [0.3, 0.4) is 0 Å². The molecule has 1 saturated heterocycles. The first-order chi connectivity index (χ1) is 10.5. The molecule has 0 aromatic carbocycles. The molecule has 1 aromatic heterocycles. The van der Waals surface area contributed by atoms with E-state index in [1.54, 1.807) is 23.2 Å². The Hall–Kier alpha value is -1.50. The van der Waals surface area contributed by atoms with Crippen molar-refractivity contribution >= 4 is 5.91 Å². The molecule has 1 aliphatic rings. The summed E-state index contributed by atoms with van der Waals surface area (Å²) in [5.74, 6) is -0.359. The zero-order valence-electron chi connectivity index (χ0n) is 13.1. The van der Waals surface area contributed by atoms with Crippen molar-refractivity contribution in [3.8, 4) is 0 Å². The Morgan fingerprint density at radius 2 is 2.23 bits per heavy atom. The first kappa shape index (κ1) is 16.9. The smallest absolute Gasteiger partial charge is 0.253 e. The molecule has 0 radical (unpaired) electrons. The summed E-state index contributed by atoms with van der Waals surface area (Å²) >= 11 is 0. The summed E-state index contributed by atoms with van der Waals surface area (Å²) in [6, 6.07) is 3.45. The van der Waals surface area contributed by atoms with E-state index in [0.717, 1.165) is 12.1 Å². The molecule has 0 saturated carbocycles. The molecule has 2 rings (SSSR count). The standard InChI is InChI=1S/C16H24N2O4/c1-3-6-18(8-13-9-22-10-14(19)15(13)20)16(21)12-4-5-17-11(2)7-12/h4-5,7,13-15,19-20H,3,6,8-10H2,1-2H3/t13-,14-,15+/m1/s1. The third kappa shape index (κ3) is 4.03. The SMILES string of the molecule is CCCN(C[C@@H]1COC[C@@H](O)[C@H]1O)C(=O)c1ccnc(C)c1. The molecule has 0 spiro atoms. The zero-order valence-corrected chi connectivity index (χ0v) is 13.1. The third-order valence-electron chi connectivity index (χ3n) is 3.88. The van der Waals surface area contributed by atoms with Gasteiger partial charge in [-0.15, -0.1) is 0 Å². The number of aliphatic hydroxyl groups is 2. The topological polar surface area (TPSA) is 82.9 Å². The highest BCUT2D eigenvalue weighted by molar-refractivity contribution is 5.94. The second-order valence-corrected chi connectivity index (χ2v) is 5.79. The van der Waals surface area contributed by atoms with Crippen LogP contribution in [0.1, 0.15) is 29.4 Å². The van der Waals surface area contributed by atoms with Crippen LogP contribution in [0.25, 0.3) is 0 Å². The van der Waals surface area contributed by atoms with Gasteiger partial charge in [-0.25, -0.2) is 0 Å². The van der Waals surface area contributed by atoms with Gasteiger partial charge in [0.1, 0.15) is 6.10 Å². The van der Waals surface area contributed by atoms with Gasteiger partial charge in [0.2, 0.25) is 0 Å². The number of nitrogens with zero attached hydrogens (tertiary/aromatic N) is 2. The fraction of sp³-hybridized carbons (Fsp3) is 0.625. The molecule has 6 nitrogen and oxygen atoms in total. The van der Waals surface area contributed by atoms with Crippen molar-refractivity contribution in [2.24, 2.45) is 5.92 Å². The molecule has 1 aliphatic heterocycles. The summed E-state index contributed by atoms with van der Waals surface area (Å²) in [6.45, 7) is 5.30. The van der Waals surface area contributed by atoms with Gasteiger partial charge in [-0.05, 0) is 25.5 Å². The fourth-order valence-corrected chi connectivity index (χ4v) is 2.70. The van der Waals surface area contributed by atoms with E-state index in [9.17, 15) is 15.0 Å². The molecule has 22 heavy (non-hydrogen) atoms. The fourth-order valence-electron chi connectivity index (χ4n) is 2.70. The molecule has 0 bridgehead atoms. The minimum absolute atomic E-state index is 0.0837. The number of rotatable bonds is 5. The van der Waals surface area contributed by atoms with Gasteiger partial charge in [0.25, 0.3) is 5.91 Å². The van der Waals surface area contributed by atoms with Gasteiger partial charge in [-0.2, -0.15) is 0 Å². The van der Waals surface area contributed by atoms with Crippen molar-refractivity contribution in [2.75, 3.05) is 26.3 Å². The molecule has 1 amide bonds. The van der Waals surface area contributed by atoms with Gasteiger partial charge in [0, 0.05) is 36.5 Å². The highest BCUT2D eigenvalue weighted by Crippen LogP contribution is 2.18. The summed E-state index contributed by atoms with van der Waals surface area (Å²) in [5, 5.41) is 19.8. The van der Waals surface area contributed by atoms with Gasteiger partial charge < -0.3 is 19.8 Å². The summed E-state index contributed by atoms with van der Waals surface area (Å²) in [4.78, 5) is 18.5. The average Bonchev–Trinajstić information content (AvgIpc) is 2.50. The van der Waals surface area contributed by atoms with E-state index in [1.807, 2.05) is 13.8 Å². The maximum atomic E-state index is 12.7. The molecule has 3 atom stereocenters. The van der Waals surface area contributed by atoms with Crippen molar-refractivity contribution in [1.82, 2.24) is 9.88 Å². The number of carbonyl (C=O) groups excluding carboxylic acids is 1. The van der Waals surface area contributed by atoms with Crippen LogP contribution in [0.4, 0.5) is 0 Å². The van der Waals surface area contributed by atoms with E-state index < -0.39 is 12.2 Å². The minimum atomic E-state index is -0.888. The Bertz CT molecular complexity index is 509. The molecule has 122 valence electrons. The van der Waals surface area contributed by atoms with Crippen LogP contribution in [0.2, 0.25) is 0 Å². The van der Waals surface area contributed by atoms with E-state index in [0.29, 0.717) is 25.3 Å². The number of pyridine rings is 1. The number of aliphatic hydroxyl groups excluding tert-OH is 2. The van der Waals surface area contributed by atoms with Crippen LogP contribution in [0, 0.1) is 12.8 Å². The highest BCUT2D eigenvalue weighted by Gasteiger charge is 2.33. The Kier molecular flexibility index (Phi) is 5.88. The largest absolute Gasteiger partial charge is 0.390 e. The second kappa shape index (κ2) is 7.67. The van der Waals surface area contributed by atoms with Crippen LogP contribution >= 0.6 is 0 Å². The molecule has 2 N–H and O–H groups in total. The zero-order chi connectivity index (χ0) is 16.1. The number of hydrogen-bond donors (Lipinski definition) is 2. The van der Waals surface area contributed by atoms with E-state index >= 15 is 0 Å².